The highest BCUT2D eigenvalue weighted by Gasteiger charge is 2.35. The van der Waals surface area contributed by atoms with Crippen LogP contribution in [0.15, 0.2) is 0 Å². The van der Waals surface area contributed by atoms with Gasteiger partial charge in [0, 0.05) is 12.1 Å². The fourth-order valence-corrected chi connectivity index (χ4v) is 3.44. The summed E-state index contributed by atoms with van der Waals surface area (Å²) in [5, 5.41) is 3.72. The van der Waals surface area contributed by atoms with Crippen LogP contribution >= 0.6 is 0 Å². The van der Waals surface area contributed by atoms with E-state index in [1.165, 1.54) is 38.5 Å². The number of nitrogens with one attached hydrogen (secondary N) is 1. The van der Waals surface area contributed by atoms with Gasteiger partial charge in [-0.05, 0) is 37.5 Å². The predicted molar refractivity (Wildman–Crippen MR) is 56.7 cm³/mol. The Morgan fingerprint density at radius 1 is 1.08 bits per heavy atom. The molecule has 2 aliphatic rings. The molecule has 2 heterocycles. The molecule has 2 atom stereocenters. The summed E-state index contributed by atoms with van der Waals surface area (Å²) in [7, 11) is 0. The van der Waals surface area contributed by atoms with Gasteiger partial charge in [0.05, 0.1) is 0 Å². The molecule has 1 N–H and O–H groups in total. The van der Waals surface area contributed by atoms with Gasteiger partial charge < -0.3 is 5.32 Å². The first-order chi connectivity index (χ1) is 6.33. The molecular formula is C12H23N. The molecule has 76 valence electrons. The Balaban J connectivity index is 1.93. The molecule has 0 amide bonds. The van der Waals surface area contributed by atoms with E-state index in [0.29, 0.717) is 0 Å². The van der Waals surface area contributed by atoms with Crippen LogP contribution in [0, 0.1) is 11.8 Å². The van der Waals surface area contributed by atoms with Crippen LogP contribution in [0.1, 0.15) is 52.4 Å². The topological polar surface area (TPSA) is 12.0 Å². The lowest BCUT2D eigenvalue weighted by Crippen LogP contribution is -2.40. The molecule has 0 radical (unpaired) electrons. The Bertz CT molecular complexity index is 151. The molecule has 13 heavy (non-hydrogen) atoms. The van der Waals surface area contributed by atoms with E-state index >= 15 is 0 Å². The minimum atomic E-state index is 0.879. The van der Waals surface area contributed by atoms with Crippen molar-refractivity contribution < 1.29 is 0 Å². The zero-order chi connectivity index (χ0) is 9.26. The van der Waals surface area contributed by atoms with Crippen molar-refractivity contribution in [2.45, 2.75) is 64.5 Å². The van der Waals surface area contributed by atoms with E-state index in [9.17, 15) is 0 Å². The van der Waals surface area contributed by atoms with Gasteiger partial charge in [0.15, 0.2) is 0 Å². The second kappa shape index (κ2) is 4.00. The van der Waals surface area contributed by atoms with Gasteiger partial charge in [0.25, 0.3) is 0 Å². The van der Waals surface area contributed by atoms with Crippen molar-refractivity contribution in [2.75, 3.05) is 0 Å². The predicted octanol–water partition coefficient (Wildman–Crippen LogP) is 2.95. The zero-order valence-electron chi connectivity index (χ0n) is 9.05. The number of hydrogen-bond acceptors (Lipinski definition) is 1. The lowest BCUT2D eigenvalue weighted by molar-refractivity contribution is 0.206. The molecule has 0 spiro atoms. The smallest absolute Gasteiger partial charge is 0.00729 e. The number of hydrogen-bond donors (Lipinski definition) is 1. The molecule has 1 heteroatoms. The first-order valence-electron chi connectivity index (χ1n) is 6.09. The van der Waals surface area contributed by atoms with E-state index in [2.05, 4.69) is 19.2 Å². The van der Waals surface area contributed by atoms with Crippen molar-refractivity contribution in [3.8, 4) is 0 Å². The van der Waals surface area contributed by atoms with E-state index in [-0.39, 0.29) is 0 Å². The molecule has 2 bridgehead atoms. The fraction of sp³-hybridized carbons (Fsp3) is 1.00. The van der Waals surface area contributed by atoms with E-state index in [1.807, 2.05) is 0 Å². The van der Waals surface area contributed by atoms with Gasteiger partial charge in [0.1, 0.15) is 0 Å². The maximum atomic E-state index is 3.72. The Labute approximate surface area is 82.3 Å². The van der Waals surface area contributed by atoms with Gasteiger partial charge in [-0.25, -0.2) is 0 Å². The zero-order valence-corrected chi connectivity index (χ0v) is 9.05. The number of rotatable bonds is 3. The molecule has 0 saturated carbocycles. The quantitative estimate of drug-likeness (QED) is 0.706. The van der Waals surface area contributed by atoms with Gasteiger partial charge in [0.2, 0.25) is 0 Å². The summed E-state index contributed by atoms with van der Waals surface area (Å²) in [4.78, 5) is 0. The van der Waals surface area contributed by atoms with Crippen LogP contribution in [0.5, 0.6) is 0 Å². The average molecular weight is 181 g/mol. The molecule has 2 fully saturated rings. The normalized spacial score (nSPS) is 38.5. The third-order valence-corrected chi connectivity index (χ3v) is 4.22. The number of fused-ring (bicyclic) bond motifs is 2. The summed E-state index contributed by atoms with van der Waals surface area (Å²) in [6.45, 7) is 4.72. The van der Waals surface area contributed by atoms with Crippen molar-refractivity contribution in [2.24, 2.45) is 11.8 Å². The second-order valence-electron chi connectivity index (χ2n) is 4.95. The molecular weight excluding hydrogens is 158 g/mol. The van der Waals surface area contributed by atoms with E-state index in [4.69, 9.17) is 0 Å². The summed E-state index contributed by atoms with van der Waals surface area (Å²) in [5.74, 6) is 2.04. The molecule has 2 rings (SSSR count). The molecule has 0 aliphatic carbocycles. The third-order valence-electron chi connectivity index (χ3n) is 4.22. The molecule has 0 aromatic heterocycles. The number of piperidine rings is 1. The van der Waals surface area contributed by atoms with Crippen LogP contribution < -0.4 is 5.32 Å². The molecule has 1 nitrogen and oxygen atoms in total. The van der Waals surface area contributed by atoms with Gasteiger partial charge in [-0.2, -0.15) is 0 Å². The minimum absolute atomic E-state index is 0.879. The Morgan fingerprint density at radius 3 is 2.08 bits per heavy atom. The van der Waals surface area contributed by atoms with Crippen molar-refractivity contribution in [1.82, 2.24) is 5.32 Å². The largest absolute Gasteiger partial charge is 0.311 e. The molecule has 2 saturated heterocycles. The lowest BCUT2D eigenvalue weighted by atomic mass is 9.79. The summed E-state index contributed by atoms with van der Waals surface area (Å²) in [6.07, 6.45) is 8.59. The second-order valence-corrected chi connectivity index (χ2v) is 4.95. The Morgan fingerprint density at radius 2 is 1.62 bits per heavy atom. The van der Waals surface area contributed by atoms with Crippen LogP contribution in [-0.2, 0) is 0 Å². The van der Waals surface area contributed by atoms with Crippen LogP contribution in [0.25, 0.3) is 0 Å². The highest BCUT2D eigenvalue weighted by atomic mass is 15.0. The standard InChI is InChI=1S/C12H23N/c1-3-9(4-2)10-7-11-5-6-12(8-10)13-11/h9-13H,3-8H2,1-2H3. The Hall–Kier alpha value is -0.0400. The van der Waals surface area contributed by atoms with E-state index in [1.54, 1.807) is 0 Å². The first-order valence-corrected chi connectivity index (χ1v) is 6.09. The van der Waals surface area contributed by atoms with Crippen molar-refractivity contribution in [3.05, 3.63) is 0 Å². The molecule has 2 aliphatic heterocycles. The van der Waals surface area contributed by atoms with Crippen LogP contribution in [0.2, 0.25) is 0 Å². The summed E-state index contributed by atoms with van der Waals surface area (Å²) < 4.78 is 0. The monoisotopic (exact) mass is 181 g/mol. The average Bonchev–Trinajstić information content (AvgIpc) is 2.48. The summed E-state index contributed by atoms with van der Waals surface area (Å²) in [5.41, 5.74) is 0. The molecule has 2 unspecified atom stereocenters. The van der Waals surface area contributed by atoms with E-state index < -0.39 is 0 Å². The highest BCUT2D eigenvalue weighted by molar-refractivity contribution is 4.93. The first kappa shape index (κ1) is 9.51. The highest BCUT2D eigenvalue weighted by Crippen LogP contribution is 2.37. The van der Waals surface area contributed by atoms with Crippen molar-refractivity contribution in [1.29, 1.82) is 0 Å². The van der Waals surface area contributed by atoms with Crippen LogP contribution in [0.4, 0.5) is 0 Å². The van der Waals surface area contributed by atoms with Crippen molar-refractivity contribution in [3.63, 3.8) is 0 Å². The minimum Gasteiger partial charge on any atom is -0.311 e. The Kier molecular flexibility index (Phi) is 2.92. The van der Waals surface area contributed by atoms with E-state index in [0.717, 1.165) is 23.9 Å². The van der Waals surface area contributed by atoms with Gasteiger partial charge in [-0.1, -0.05) is 26.7 Å². The fourth-order valence-electron chi connectivity index (χ4n) is 3.44. The summed E-state index contributed by atoms with van der Waals surface area (Å²) >= 11 is 0. The molecule has 0 aromatic rings. The maximum absolute atomic E-state index is 3.72. The third kappa shape index (κ3) is 1.90. The van der Waals surface area contributed by atoms with Gasteiger partial charge in [-0.15, -0.1) is 0 Å². The summed E-state index contributed by atoms with van der Waals surface area (Å²) in [6, 6.07) is 1.76. The van der Waals surface area contributed by atoms with Crippen LogP contribution in [-0.4, -0.2) is 12.1 Å². The van der Waals surface area contributed by atoms with Crippen molar-refractivity contribution >= 4 is 0 Å². The van der Waals surface area contributed by atoms with Gasteiger partial charge in [-0.3, -0.25) is 0 Å². The van der Waals surface area contributed by atoms with Crippen LogP contribution in [0.3, 0.4) is 0 Å². The maximum Gasteiger partial charge on any atom is 0.00729 e. The lowest BCUT2D eigenvalue weighted by Gasteiger charge is -2.34. The SMILES string of the molecule is CCC(CC)C1CC2CCC(C1)N2. The van der Waals surface area contributed by atoms with Gasteiger partial charge >= 0.3 is 0 Å². The molecule has 0 aromatic carbocycles.